The van der Waals surface area contributed by atoms with Crippen molar-refractivity contribution in [3.8, 4) is 5.75 Å². The highest BCUT2D eigenvalue weighted by molar-refractivity contribution is 6.31. The van der Waals surface area contributed by atoms with Crippen LogP contribution in [-0.4, -0.2) is 49.7 Å². The van der Waals surface area contributed by atoms with Crippen molar-refractivity contribution in [2.75, 3.05) is 26.8 Å². The van der Waals surface area contributed by atoms with Crippen LogP contribution >= 0.6 is 11.6 Å². The minimum absolute atomic E-state index is 0.0185. The van der Waals surface area contributed by atoms with Gasteiger partial charge < -0.3 is 19.7 Å². The molecule has 1 aromatic carbocycles. The van der Waals surface area contributed by atoms with Crippen molar-refractivity contribution < 1.29 is 19.1 Å². The summed E-state index contributed by atoms with van der Waals surface area (Å²) in [7, 11) is 1.53. The van der Waals surface area contributed by atoms with E-state index in [9.17, 15) is 9.59 Å². The lowest BCUT2D eigenvalue weighted by atomic mass is 10.0. The first-order valence-electron chi connectivity index (χ1n) is 8.46. The van der Waals surface area contributed by atoms with Gasteiger partial charge in [0.2, 0.25) is 0 Å². The summed E-state index contributed by atoms with van der Waals surface area (Å²) in [6.45, 7) is 5.49. The summed E-state index contributed by atoms with van der Waals surface area (Å²) in [4.78, 5) is 26.2. The molecule has 1 aromatic rings. The van der Waals surface area contributed by atoms with Crippen LogP contribution in [0.15, 0.2) is 18.2 Å². The number of likely N-dealkylation sites (tertiary alicyclic amines) is 1. The van der Waals surface area contributed by atoms with Gasteiger partial charge in [0.05, 0.1) is 19.3 Å². The number of rotatable bonds is 5. The van der Waals surface area contributed by atoms with Crippen LogP contribution in [0.3, 0.4) is 0 Å². The van der Waals surface area contributed by atoms with E-state index in [1.54, 1.807) is 23.1 Å². The summed E-state index contributed by atoms with van der Waals surface area (Å²) < 4.78 is 10.4. The van der Waals surface area contributed by atoms with E-state index in [4.69, 9.17) is 21.1 Å². The fourth-order valence-electron chi connectivity index (χ4n) is 2.70. The molecule has 0 spiro atoms. The molecule has 0 unspecified atom stereocenters. The van der Waals surface area contributed by atoms with E-state index >= 15 is 0 Å². The number of alkyl carbamates (subject to hydrolysis) is 1. The van der Waals surface area contributed by atoms with E-state index in [1.807, 2.05) is 13.8 Å². The Kier molecular flexibility index (Phi) is 6.93. The highest BCUT2D eigenvalue weighted by atomic mass is 35.5. The number of hydrogen-bond donors (Lipinski definition) is 1. The van der Waals surface area contributed by atoms with Crippen LogP contribution in [0.5, 0.6) is 5.75 Å². The van der Waals surface area contributed by atoms with Crippen LogP contribution in [0.4, 0.5) is 4.79 Å². The van der Waals surface area contributed by atoms with Gasteiger partial charge in [-0.25, -0.2) is 4.79 Å². The number of ether oxygens (including phenoxy) is 2. The minimum atomic E-state index is -0.394. The molecule has 0 aromatic heterocycles. The van der Waals surface area contributed by atoms with Crippen molar-refractivity contribution in [1.29, 1.82) is 0 Å². The first kappa shape index (κ1) is 19.4. The van der Waals surface area contributed by atoms with Gasteiger partial charge in [-0.05, 0) is 37.0 Å². The number of carbonyl (C=O) groups excluding carboxylic acids is 2. The maximum absolute atomic E-state index is 12.7. The van der Waals surface area contributed by atoms with E-state index in [0.717, 1.165) is 0 Å². The molecule has 2 amide bonds. The Hall–Kier alpha value is -1.95. The number of methoxy groups -OCH3 is 1. The third-order valence-electron chi connectivity index (χ3n) is 4.04. The number of carbonyl (C=O) groups is 2. The van der Waals surface area contributed by atoms with E-state index < -0.39 is 6.09 Å². The van der Waals surface area contributed by atoms with Crippen LogP contribution in [0.2, 0.25) is 5.02 Å². The fraction of sp³-hybridized carbons (Fsp3) is 0.556. The van der Waals surface area contributed by atoms with Crippen molar-refractivity contribution in [2.24, 2.45) is 5.92 Å². The number of nitrogens with one attached hydrogen (secondary N) is 1. The van der Waals surface area contributed by atoms with Crippen LogP contribution < -0.4 is 10.1 Å². The maximum atomic E-state index is 12.7. The Bertz CT molecular complexity index is 613. The normalized spacial score (nSPS) is 15.2. The smallest absolute Gasteiger partial charge is 0.407 e. The highest BCUT2D eigenvalue weighted by Crippen LogP contribution is 2.25. The third kappa shape index (κ3) is 5.53. The van der Waals surface area contributed by atoms with Gasteiger partial charge in [0.25, 0.3) is 5.91 Å². The molecule has 1 N–H and O–H groups in total. The van der Waals surface area contributed by atoms with Crippen LogP contribution in [0.1, 0.15) is 37.0 Å². The van der Waals surface area contributed by atoms with E-state index in [0.29, 0.717) is 54.8 Å². The van der Waals surface area contributed by atoms with Crippen molar-refractivity contribution >= 4 is 23.6 Å². The molecule has 25 heavy (non-hydrogen) atoms. The largest absolute Gasteiger partial charge is 0.496 e. The molecular formula is C18H25ClN2O4. The average Bonchev–Trinajstić information content (AvgIpc) is 2.60. The fourth-order valence-corrected chi connectivity index (χ4v) is 2.87. The molecule has 1 aliphatic heterocycles. The van der Waals surface area contributed by atoms with E-state index in [2.05, 4.69) is 5.32 Å². The van der Waals surface area contributed by atoms with Gasteiger partial charge in [0, 0.05) is 24.2 Å². The predicted octanol–water partition coefficient (Wildman–Crippen LogP) is 3.34. The number of piperidine rings is 1. The zero-order valence-corrected chi connectivity index (χ0v) is 15.6. The molecule has 0 atom stereocenters. The molecule has 0 bridgehead atoms. The molecule has 1 fully saturated rings. The number of nitrogens with zero attached hydrogens (tertiary/aromatic N) is 1. The first-order chi connectivity index (χ1) is 11.9. The van der Waals surface area contributed by atoms with E-state index in [1.165, 1.54) is 7.11 Å². The van der Waals surface area contributed by atoms with Gasteiger partial charge in [-0.1, -0.05) is 25.4 Å². The molecule has 0 saturated carbocycles. The lowest BCUT2D eigenvalue weighted by Gasteiger charge is -2.32. The van der Waals surface area contributed by atoms with Gasteiger partial charge in [0.15, 0.2) is 0 Å². The molecule has 1 heterocycles. The Balaban J connectivity index is 1.88. The van der Waals surface area contributed by atoms with E-state index in [-0.39, 0.29) is 11.9 Å². The Morgan fingerprint density at radius 2 is 2.00 bits per heavy atom. The second-order valence-corrected chi connectivity index (χ2v) is 6.98. The second kappa shape index (κ2) is 8.94. The zero-order chi connectivity index (χ0) is 18.4. The summed E-state index contributed by atoms with van der Waals surface area (Å²) in [6, 6.07) is 5.02. The van der Waals surface area contributed by atoms with Crippen LogP contribution in [0, 0.1) is 5.92 Å². The molecule has 2 rings (SSSR count). The number of halogens is 1. The van der Waals surface area contributed by atoms with Gasteiger partial charge in [-0.15, -0.1) is 0 Å². The van der Waals surface area contributed by atoms with Gasteiger partial charge in [-0.3, -0.25) is 4.79 Å². The minimum Gasteiger partial charge on any atom is -0.496 e. The van der Waals surface area contributed by atoms with Crippen LogP contribution in [0.25, 0.3) is 0 Å². The predicted molar refractivity (Wildman–Crippen MR) is 96.3 cm³/mol. The number of hydrogen-bond acceptors (Lipinski definition) is 4. The van der Waals surface area contributed by atoms with Gasteiger partial charge >= 0.3 is 6.09 Å². The molecule has 0 aliphatic carbocycles. The molecule has 138 valence electrons. The summed E-state index contributed by atoms with van der Waals surface area (Å²) in [5.74, 6) is 0.699. The maximum Gasteiger partial charge on any atom is 0.407 e. The SMILES string of the molecule is COc1ccc(Cl)cc1C(=O)N1CCC(NC(=O)OCC(C)C)CC1. The van der Waals surface area contributed by atoms with Gasteiger partial charge in [-0.2, -0.15) is 0 Å². The molecule has 0 radical (unpaired) electrons. The first-order valence-corrected chi connectivity index (χ1v) is 8.84. The highest BCUT2D eigenvalue weighted by Gasteiger charge is 2.26. The zero-order valence-electron chi connectivity index (χ0n) is 14.9. The second-order valence-electron chi connectivity index (χ2n) is 6.55. The van der Waals surface area contributed by atoms with Crippen molar-refractivity contribution in [3.05, 3.63) is 28.8 Å². The van der Waals surface area contributed by atoms with Crippen molar-refractivity contribution in [3.63, 3.8) is 0 Å². The van der Waals surface area contributed by atoms with Crippen molar-refractivity contribution in [1.82, 2.24) is 10.2 Å². The number of benzene rings is 1. The van der Waals surface area contributed by atoms with Crippen LogP contribution in [-0.2, 0) is 4.74 Å². The summed E-state index contributed by atoms with van der Waals surface area (Å²) in [5.41, 5.74) is 0.456. The van der Waals surface area contributed by atoms with Crippen molar-refractivity contribution in [2.45, 2.75) is 32.7 Å². The Morgan fingerprint density at radius 1 is 1.32 bits per heavy atom. The summed E-state index contributed by atoms with van der Waals surface area (Å²) >= 11 is 6.00. The average molecular weight is 369 g/mol. The lowest BCUT2D eigenvalue weighted by molar-refractivity contribution is 0.0697. The summed E-state index contributed by atoms with van der Waals surface area (Å²) in [6.07, 6.45) is 0.978. The monoisotopic (exact) mass is 368 g/mol. The topological polar surface area (TPSA) is 67.9 Å². The molecule has 6 nitrogen and oxygen atoms in total. The lowest BCUT2D eigenvalue weighted by Crippen LogP contribution is -2.46. The quantitative estimate of drug-likeness (QED) is 0.865. The summed E-state index contributed by atoms with van der Waals surface area (Å²) in [5, 5.41) is 3.35. The Labute approximate surface area is 153 Å². The number of amides is 2. The molecule has 1 saturated heterocycles. The molecular weight excluding hydrogens is 344 g/mol. The standard InChI is InChI=1S/C18H25ClN2O4/c1-12(2)11-25-18(23)20-14-6-8-21(9-7-14)17(22)15-10-13(19)4-5-16(15)24-3/h4-5,10,12,14H,6-9,11H2,1-3H3,(H,20,23). The molecule has 1 aliphatic rings. The molecule has 7 heteroatoms. The van der Waals surface area contributed by atoms with Gasteiger partial charge in [0.1, 0.15) is 5.75 Å². The Morgan fingerprint density at radius 3 is 2.60 bits per heavy atom. The third-order valence-corrected chi connectivity index (χ3v) is 4.28.